The lowest BCUT2D eigenvalue weighted by Crippen LogP contribution is -2.15. The molecule has 0 amide bonds. The first kappa shape index (κ1) is 12.4. The van der Waals surface area contributed by atoms with Crippen molar-refractivity contribution in [2.45, 2.75) is 19.9 Å². The maximum absolute atomic E-state index is 8.86. The summed E-state index contributed by atoms with van der Waals surface area (Å²) in [6.07, 6.45) is 0. The molecule has 2 nitrogen and oxygen atoms in total. The molecule has 0 aliphatic carbocycles. The molecule has 0 bridgehead atoms. The number of nitrogens with two attached hydrogens (primary N) is 1. The van der Waals surface area contributed by atoms with Gasteiger partial charge in [0.2, 0.25) is 0 Å². The van der Waals surface area contributed by atoms with Gasteiger partial charge in [-0.15, -0.1) is 12.4 Å². The molecule has 3 N–H and O–H groups in total. The molecule has 3 heteroatoms. The second-order valence-corrected chi connectivity index (χ2v) is 3.15. The van der Waals surface area contributed by atoms with Crippen molar-refractivity contribution in [1.29, 1.82) is 0 Å². The first-order chi connectivity index (χ1) is 5.65. The zero-order valence-electron chi connectivity index (χ0n) is 7.95. The average molecular weight is 202 g/mol. The third-order valence-electron chi connectivity index (χ3n) is 2.02. The molecule has 0 aliphatic rings. The zero-order valence-corrected chi connectivity index (χ0v) is 8.77. The SMILES string of the molecule is Cc1ccc([C@H](N)CO)c(C)c1.Cl. The van der Waals surface area contributed by atoms with Gasteiger partial charge in [-0.1, -0.05) is 23.8 Å². The lowest BCUT2D eigenvalue weighted by molar-refractivity contribution is 0.267. The van der Waals surface area contributed by atoms with E-state index in [1.807, 2.05) is 26.0 Å². The predicted octanol–water partition coefficient (Wildman–Crippen LogP) is 1.72. The predicted molar refractivity (Wildman–Crippen MR) is 57.2 cm³/mol. The topological polar surface area (TPSA) is 46.2 Å². The number of benzene rings is 1. The number of hydrogen-bond donors (Lipinski definition) is 2. The van der Waals surface area contributed by atoms with Crippen LogP contribution in [0.4, 0.5) is 0 Å². The molecule has 1 atom stereocenters. The van der Waals surface area contributed by atoms with Crippen LogP contribution in [-0.4, -0.2) is 11.7 Å². The number of aryl methyl sites for hydroxylation is 2. The number of halogens is 1. The molecular weight excluding hydrogens is 186 g/mol. The molecule has 0 saturated carbocycles. The maximum Gasteiger partial charge on any atom is 0.0624 e. The quantitative estimate of drug-likeness (QED) is 0.766. The highest BCUT2D eigenvalue weighted by atomic mass is 35.5. The lowest BCUT2D eigenvalue weighted by atomic mass is 10.0. The van der Waals surface area contributed by atoms with E-state index < -0.39 is 0 Å². The summed E-state index contributed by atoms with van der Waals surface area (Å²) in [5, 5.41) is 8.86. The minimum atomic E-state index is -0.245. The van der Waals surface area contributed by atoms with Gasteiger partial charge in [0.25, 0.3) is 0 Å². The summed E-state index contributed by atoms with van der Waals surface area (Å²) in [6, 6.07) is 5.82. The van der Waals surface area contributed by atoms with Crippen molar-refractivity contribution in [3.05, 3.63) is 34.9 Å². The van der Waals surface area contributed by atoms with Crippen molar-refractivity contribution in [1.82, 2.24) is 0 Å². The van der Waals surface area contributed by atoms with Gasteiger partial charge in [-0.05, 0) is 25.0 Å². The van der Waals surface area contributed by atoms with E-state index in [0.717, 1.165) is 11.1 Å². The van der Waals surface area contributed by atoms with Crippen molar-refractivity contribution < 1.29 is 5.11 Å². The fourth-order valence-corrected chi connectivity index (χ4v) is 1.34. The Hall–Kier alpha value is -0.570. The van der Waals surface area contributed by atoms with Gasteiger partial charge in [0.1, 0.15) is 0 Å². The van der Waals surface area contributed by atoms with Gasteiger partial charge < -0.3 is 10.8 Å². The Bertz CT molecular complexity index is 276. The Balaban J connectivity index is 0.00000144. The van der Waals surface area contributed by atoms with Crippen LogP contribution >= 0.6 is 12.4 Å². The van der Waals surface area contributed by atoms with Crippen LogP contribution in [0.15, 0.2) is 18.2 Å². The summed E-state index contributed by atoms with van der Waals surface area (Å²) in [5.41, 5.74) is 9.10. The highest BCUT2D eigenvalue weighted by molar-refractivity contribution is 5.85. The molecule has 1 rings (SSSR count). The van der Waals surface area contributed by atoms with Gasteiger partial charge in [-0.25, -0.2) is 0 Å². The average Bonchev–Trinajstić information content (AvgIpc) is 2.03. The lowest BCUT2D eigenvalue weighted by Gasteiger charge is -2.11. The molecule has 0 radical (unpaired) electrons. The summed E-state index contributed by atoms with van der Waals surface area (Å²) < 4.78 is 0. The van der Waals surface area contributed by atoms with Crippen LogP contribution in [0.5, 0.6) is 0 Å². The van der Waals surface area contributed by atoms with Crippen molar-refractivity contribution in [2.24, 2.45) is 5.73 Å². The molecule has 0 aromatic heterocycles. The largest absolute Gasteiger partial charge is 0.394 e. The van der Waals surface area contributed by atoms with Crippen LogP contribution in [0.25, 0.3) is 0 Å². The molecule has 1 aromatic rings. The molecule has 0 unspecified atom stereocenters. The fraction of sp³-hybridized carbons (Fsp3) is 0.400. The van der Waals surface area contributed by atoms with E-state index in [2.05, 4.69) is 6.07 Å². The Morgan fingerprint density at radius 2 is 2.00 bits per heavy atom. The molecule has 0 fully saturated rings. The third kappa shape index (κ3) is 2.99. The monoisotopic (exact) mass is 201 g/mol. The van der Waals surface area contributed by atoms with Crippen molar-refractivity contribution in [3.63, 3.8) is 0 Å². The number of aliphatic hydroxyl groups excluding tert-OH is 1. The van der Waals surface area contributed by atoms with E-state index >= 15 is 0 Å². The molecular formula is C10H16ClNO. The van der Waals surface area contributed by atoms with Crippen LogP contribution < -0.4 is 5.73 Å². The molecule has 13 heavy (non-hydrogen) atoms. The van der Waals surface area contributed by atoms with E-state index in [1.54, 1.807) is 0 Å². The van der Waals surface area contributed by atoms with Gasteiger partial charge in [0, 0.05) is 0 Å². The minimum absolute atomic E-state index is 0. The molecule has 0 spiro atoms. The number of hydrogen-bond acceptors (Lipinski definition) is 2. The van der Waals surface area contributed by atoms with Crippen molar-refractivity contribution >= 4 is 12.4 Å². The van der Waals surface area contributed by atoms with Gasteiger partial charge in [-0.2, -0.15) is 0 Å². The summed E-state index contributed by atoms with van der Waals surface area (Å²) in [4.78, 5) is 0. The smallest absolute Gasteiger partial charge is 0.0624 e. The van der Waals surface area contributed by atoms with Crippen LogP contribution in [0, 0.1) is 13.8 Å². The first-order valence-electron chi connectivity index (χ1n) is 4.08. The summed E-state index contributed by atoms with van der Waals surface area (Å²) in [5.74, 6) is 0. The van der Waals surface area contributed by atoms with E-state index in [9.17, 15) is 0 Å². The highest BCUT2D eigenvalue weighted by Gasteiger charge is 2.06. The van der Waals surface area contributed by atoms with E-state index in [-0.39, 0.29) is 25.1 Å². The van der Waals surface area contributed by atoms with Gasteiger partial charge >= 0.3 is 0 Å². The highest BCUT2D eigenvalue weighted by Crippen LogP contribution is 2.16. The van der Waals surface area contributed by atoms with Crippen molar-refractivity contribution in [2.75, 3.05) is 6.61 Å². The van der Waals surface area contributed by atoms with Crippen LogP contribution in [0.1, 0.15) is 22.7 Å². The summed E-state index contributed by atoms with van der Waals surface area (Å²) in [6.45, 7) is 4.06. The Kier molecular flexibility index (Phi) is 4.99. The number of aliphatic hydroxyl groups is 1. The summed E-state index contributed by atoms with van der Waals surface area (Å²) in [7, 11) is 0. The zero-order chi connectivity index (χ0) is 9.14. The Morgan fingerprint density at radius 3 is 2.46 bits per heavy atom. The molecule has 1 aromatic carbocycles. The molecule has 0 aliphatic heterocycles. The second-order valence-electron chi connectivity index (χ2n) is 3.15. The van der Waals surface area contributed by atoms with Crippen molar-refractivity contribution in [3.8, 4) is 0 Å². The molecule has 0 heterocycles. The fourth-order valence-electron chi connectivity index (χ4n) is 1.34. The summed E-state index contributed by atoms with van der Waals surface area (Å²) >= 11 is 0. The normalized spacial score (nSPS) is 12.0. The molecule has 0 saturated heterocycles. The third-order valence-corrected chi connectivity index (χ3v) is 2.02. The minimum Gasteiger partial charge on any atom is -0.394 e. The van der Waals surface area contributed by atoms with Gasteiger partial charge in [0.15, 0.2) is 0 Å². The standard InChI is InChI=1S/C10H15NO.ClH/c1-7-3-4-9(8(2)5-7)10(11)6-12;/h3-5,10,12H,6,11H2,1-2H3;1H/t10-;/m1./s1. The van der Waals surface area contributed by atoms with Crippen LogP contribution in [0.2, 0.25) is 0 Å². The van der Waals surface area contributed by atoms with Gasteiger partial charge in [0.05, 0.1) is 12.6 Å². The number of rotatable bonds is 2. The van der Waals surface area contributed by atoms with E-state index in [4.69, 9.17) is 10.8 Å². The van der Waals surface area contributed by atoms with E-state index in [0.29, 0.717) is 0 Å². The van der Waals surface area contributed by atoms with Crippen LogP contribution in [-0.2, 0) is 0 Å². The van der Waals surface area contributed by atoms with Gasteiger partial charge in [-0.3, -0.25) is 0 Å². The Labute approximate surface area is 85.2 Å². The first-order valence-corrected chi connectivity index (χ1v) is 4.08. The molecule has 74 valence electrons. The Morgan fingerprint density at radius 1 is 1.38 bits per heavy atom. The maximum atomic E-state index is 8.86. The van der Waals surface area contributed by atoms with Crippen LogP contribution in [0.3, 0.4) is 0 Å². The second kappa shape index (κ2) is 5.22. The van der Waals surface area contributed by atoms with E-state index in [1.165, 1.54) is 5.56 Å².